The van der Waals surface area contributed by atoms with E-state index in [0.29, 0.717) is 22.8 Å². The first-order valence-electron chi connectivity index (χ1n) is 11.5. The first kappa shape index (κ1) is 23.5. The number of carbonyl (C=O) groups is 1. The van der Waals surface area contributed by atoms with Crippen molar-refractivity contribution in [2.75, 3.05) is 13.2 Å². The van der Waals surface area contributed by atoms with E-state index >= 15 is 0 Å². The fourth-order valence-electron chi connectivity index (χ4n) is 4.52. The molecule has 0 bridgehead atoms. The highest BCUT2D eigenvalue weighted by Crippen LogP contribution is 2.32. The summed E-state index contributed by atoms with van der Waals surface area (Å²) in [6.07, 6.45) is -0.797. The van der Waals surface area contributed by atoms with Gasteiger partial charge in [0, 0.05) is 18.5 Å². The maximum atomic E-state index is 13.7. The summed E-state index contributed by atoms with van der Waals surface area (Å²) < 4.78 is 4.62. The number of aliphatic hydroxyl groups is 1. The minimum absolute atomic E-state index is 0.00444. The summed E-state index contributed by atoms with van der Waals surface area (Å²) in [5, 5.41) is 11.2. The van der Waals surface area contributed by atoms with Crippen LogP contribution in [0.15, 0.2) is 33.9 Å². The molecule has 1 N–H and O–H groups in total. The molecule has 4 heterocycles. The molecule has 1 fully saturated rings. The molecule has 0 spiro atoms. The van der Waals surface area contributed by atoms with Crippen LogP contribution >= 0.6 is 11.3 Å². The fourth-order valence-corrected chi connectivity index (χ4v) is 5.79. The highest BCUT2D eigenvalue weighted by atomic mass is 32.1. The van der Waals surface area contributed by atoms with Crippen LogP contribution in [0, 0.1) is 12.8 Å². The highest BCUT2D eigenvalue weighted by Gasteiger charge is 2.33. The molecule has 1 amide bonds. The van der Waals surface area contributed by atoms with Crippen LogP contribution in [0.2, 0.25) is 0 Å². The van der Waals surface area contributed by atoms with Crippen molar-refractivity contribution < 1.29 is 14.7 Å². The Hall–Kier alpha value is -3.28. The minimum atomic E-state index is -0.797. The lowest BCUT2D eigenvalue weighted by molar-refractivity contribution is -0.0778. The minimum Gasteiger partial charge on any atom is -0.389 e. The number of fused-ring (bicyclic) bond motifs is 2. The van der Waals surface area contributed by atoms with Gasteiger partial charge in [-0.05, 0) is 25.0 Å². The Balaban J connectivity index is 1.78. The predicted octanol–water partition coefficient (Wildman–Crippen LogP) is 1.87. The van der Waals surface area contributed by atoms with Gasteiger partial charge >= 0.3 is 5.69 Å². The molecule has 5 rings (SSSR count). The molecule has 0 saturated carbocycles. The van der Waals surface area contributed by atoms with Crippen molar-refractivity contribution >= 4 is 38.5 Å². The van der Waals surface area contributed by atoms with Gasteiger partial charge < -0.3 is 9.67 Å². The lowest BCUT2D eigenvalue weighted by Gasteiger charge is -2.15. The van der Waals surface area contributed by atoms with Gasteiger partial charge in [-0.3, -0.25) is 23.6 Å². The molecule has 4 aromatic rings. The summed E-state index contributed by atoms with van der Waals surface area (Å²) in [5.41, 5.74) is 0.996. The first-order chi connectivity index (χ1) is 16.7. The summed E-state index contributed by atoms with van der Waals surface area (Å²) >= 11 is 1.27. The van der Waals surface area contributed by atoms with Crippen LogP contribution in [0.3, 0.4) is 0 Å². The van der Waals surface area contributed by atoms with Crippen LogP contribution in [-0.2, 0) is 25.0 Å². The Kier molecular flexibility index (Phi) is 5.86. The molecule has 11 heteroatoms. The number of rotatable bonds is 5. The Morgan fingerprint density at radius 3 is 2.69 bits per heavy atom. The van der Waals surface area contributed by atoms with E-state index in [1.54, 1.807) is 4.57 Å². The van der Waals surface area contributed by atoms with E-state index in [4.69, 9.17) is 4.84 Å². The molecule has 0 radical (unpaired) electrons. The van der Waals surface area contributed by atoms with Crippen LogP contribution in [0.5, 0.6) is 0 Å². The van der Waals surface area contributed by atoms with Gasteiger partial charge in [-0.2, -0.15) is 0 Å². The zero-order chi connectivity index (χ0) is 25.0. The van der Waals surface area contributed by atoms with E-state index in [9.17, 15) is 19.5 Å². The molecule has 1 atom stereocenters. The quantitative estimate of drug-likeness (QED) is 0.451. The number of hydrogen-bond acceptors (Lipinski definition) is 7. The first-order valence-corrected chi connectivity index (χ1v) is 12.3. The van der Waals surface area contributed by atoms with E-state index < -0.39 is 23.3 Å². The maximum Gasteiger partial charge on any atom is 0.331 e. The Labute approximate surface area is 204 Å². The Bertz CT molecular complexity index is 1580. The molecular formula is C24H27N5O5S. The third-order valence-corrected chi connectivity index (χ3v) is 7.38. The number of hydroxylamine groups is 2. The predicted molar refractivity (Wildman–Crippen MR) is 133 cm³/mol. The van der Waals surface area contributed by atoms with E-state index in [-0.39, 0.29) is 30.0 Å². The number of para-hydroxylation sites is 2. The Morgan fingerprint density at radius 1 is 1.26 bits per heavy atom. The zero-order valence-electron chi connectivity index (χ0n) is 20.0. The standard InChI is InChI=1S/C24H27N5O5S/c1-13(2)9-28-23-20(21(31)26(4)24(28)33)19(22(32)29-10-15(30)12-34-29)18(35-23)11-27-14(3)25-16-7-5-6-8-17(16)27/h5-8,13,15,30H,9-12H2,1-4H3. The maximum absolute atomic E-state index is 13.7. The molecule has 1 unspecified atom stereocenters. The van der Waals surface area contributed by atoms with Crippen molar-refractivity contribution in [2.45, 2.75) is 40.0 Å². The number of amides is 1. The monoisotopic (exact) mass is 497 g/mol. The number of imidazole rings is 1. The molecule has 10 nitrogen and oxygen atoms in total. The van der Waals surface area contributed by atoms with Crippen LogP contribution in [0.4, 0.5) is 0 Å². The fraction of sp³-hybridized carbons (Fsp3) is 0.417. The SMILES string of the molecule is Cc1nc2ccccc2n1Cc1sc2c(c1C(=O)N1CC(O)CO1)c(=O)n(C)c(=O)n2CC(C)C. The summed E-state index contributed by atoms with van der Waals surface area (Å²) in [7, 11) is 1.43. The second kappa shape index (κ2) is 8.74. The van der Waals surface area contributed by atoms with Gasteiger partial charge in [-0.15, -0.1) is 11.3 Å². The van der Waals surface area contributed by atoms with Crippen molar-refractivity contribution in [2.24, 2.45) is 13.0 Å². The molecular weight excluding hydrogens is 470 g/mol. The van der Waals surface area contributed by atoms with Crippen molar-refractivity contribution in [1.82, 2.24) is 23.7 Å². The van der Waals surface area contributed by atoms with Gasteiger partial charge in [0.25, 0.3) is 11.5 Å². The van der Waals surface area contributed by atoms with Gasteiger partial charge in [0.1, 0.15) is 23.4 Å². The van der Waals surface area contributed by atoms with Gasteiger partial charge in [-0.25, -0.2) is 14.8 Å². The van der Waals surface area contributed by atoms with Crippen LogP contribution in [0.25, 0.3) is 21.3 Å². The number of β-amino-alcohol motifs (C(OH)–C–C–N with tert-alkyl or cyclic N) is 1. The third kappa shape index (κ3) is 3.89. The molecule has 35 heavy (non-hydrogen) atoms. The van der Waals surface area contributed by atoms with Crippen molar-refractivity contribution in [3.05, 3.63) is 61.4 Å². The topological polar surface area (TPSA) is 112 Å². The Morgan fingerprint density at radius 2 is 2.00 bits per heavy atom. The largest absolute Gasteiger partial charge is 0.389 e. The molecule has 1 aliphatic rings. The lowest BCUT2D eigenvalue weighted by Crippen LogP contribution is -2.39. The van der Waals surface area contributed by atoms with Crippen LogP contribution < -0.4 is 11.2 Å². The summed E-state index contributed by atoms with van der Waals surface area (Å²) in [6, 6.07) is 7.72. The van der Waals surface area contributed by atoms with E-state index in [1.165, 1.54) is 18.4 Å². The van der Waals surface area contributed by atoms with Gasteiger partial charge in [0.15, 0.2) is 0 Å². The second-order valence-corrected chi connectivity index (χ2v) is 10.4. The third-order valence-electron chi connectivity index (χ3n) is 6.18. The average Bonchev–Trinajstić information content (AvgIpc) is 3.50. The molecule has 1 saturated heterocycles. The zero-order valence-corrected chi connectivity index (χ0v) is 20.8. The smallest absolute Gasteiger partial charge is 0.331 e. The summed E-state index contributed by atoms with van der Waals surface area (Å²) in [5.74, 6) is 0.411. The van der Waals surface area contributed by atoms with E-state index in [1.807, 2.05) is 49.6 Å². The average molecular weight is 498 g/mol. The number of aryl methyl sites for hydroxylation is 1. The van der Waals surface area contributed by atoms with Gasteiger partial charge in [-0.1, -0.05) is 26.0 Å². The molecule has 3 aromatic heterocycles. The molecule has 0 aliphatic carbocycles. The summed E-state index contributed by atoms with van der Waals surface area (Å²) in [6.45, 7) is 6.58. The van der Waals surface area contributed by atoms with Crippen LogP contribution in [-0.4, -0.2) is 54.0 Å². The van der Waals surface area contributed by atoms with Crippen LogP contribution in [0.1, 0.15) is 34.9 Å². The molecule has 184 valence electrons. The number of carbonyl (C=O) groups excluding carboxylic acids is 1. The normalized spacial score (nSPS) is 16.3. The second-order valence-electron chi connectivity index (χ2n) is 9.28. The number of nitrogens with zero attached hydrogens (tertiary/aromatic N) is 5. The molecule has 1 aromatic carbocycles. The van der Waals surface area contributed by atoms with Crippen molar-refractivity contribution in [3.63, 3.8) is 0 Å². The number of thiophene rings is 1. The molecule has 1 aliphatic heterocycles. The van der Waals surface area contributed by atoms with Gasteiger partial charge in [0.05, 0.1) is 35.1 Å². The highest BCUT2D eigenvalue weighted by molar-refractivity contribution is 7.19. The number of benzene rings is 1. The number of aliphatic hydroxyl groups excluding tert-OH is 1. The lowest BCUT2D eigenvalue weighted by atomic mass is 10.1. The number of hydrogen-bond donors (Lipinski definition) is 1. The van der Waals surface area contributed by atoms with Gasteiger partial charge in [0.2, 0.25) is 0 Å². The van der Waals surface area contributed by atoms with Crippen molar-refractivity contribution in [3.8, 4) is 0 Å². The summed E-state index contributed by atoms with van der Waals surface area (Å²) in [4.78, 5) is 51.2. The van der Waals surface area contributed by atoms with E-state index in [0.717, 1.165) is 26.5 Å². The van der Waals surface area contributed by atoms with E-state index in [2.05, 4.69) is 4.98 Å². The van der Waals surface area contributed by atoms with Crippen molar-refractivity contribution in [1.29, 1.82) is 0 Å². The number of aromatic nitrogens is 4.